The van der Waals surface area contributed by atoms with Gasteiger partial charge in [0.25, 0.3) is 0 Å². The van der Waals surface area contributed by atoms with Crippen LogP contribution in [0.4, 0.5) is 0 Å². The Balaban J connectivity index is 2.23. The lowest BCUT2D eigenvalue weighted by Crippen LogP contribution is -2.24. The standard InChI is InChI=1S/C12H20N2O/c1-9-8-10(2)14(13-9)11-6-4-3-5-7-12(11)15/h8,11-12,15H,3-7H2,1-2H3. The van der Waals surface area contributed by atoms with E-state index in [-0.39, 0.29) is 12.1 Å². The maximum atomic E-state index is 10.1. The molecular formula is C12H20N2O. The Hall–Kier alpha value is -0.830. The van der Waals surface area contributed by atoms with Gasteiger partial charge in [-0.2, -0.15) is 5.10 Å². The highest BCUT2D eigenvalue weighted by atomic mass is 16.3. The number of aliphatic hydroxyl groups is 1. The van der Waals surface area contributed by atoms with Crippen LogP contribution in [-0.2, 0) is 0 Å². The van der Waals surface area contributed by atoms with Gasteiger partial charge >= 0.3 is 0 Å². The first-order valence-electron chi connectivity index (χ1n) is 5.89. The van der Waals surface area contributed by atoms with E-state index in [0.717, 1.165) is 25.0 Å². The van der Waals surface area contributed by atoms with Crippen molar-refractivity contribution in [3.8, 4) is 0 Å². The Morgan fingerprint density at radius 2 is 2.00 bits per heavy atom. The molecule has 0 aliphatic heterocycles. The van der Waals surface area contributed by atoms with Gasteiger partial charge in [-0.15, -0.1) is 0 Å². The van der Waals surface area contributed by atoms with Crippen LogP contribution in [0.3, 0.4) is 0 Å². The van der Waals surface area contributed by atoms with Crippen molar-refractivity contribution in [3.05, 3.63) is 17.5 Å². The predicted molar refractivity (Wildman–Crippen MR) is 59.8 cm³/mol. The summed E-state index contributed by atoms with van der Waals surface area (Å²) in [5, 5.41) is 14.6. The number of aliphatic hydroxyl groups excluding tert-OH is 1. The molecule has 1 heterocycles. The van der Waals surface area contributed by atoms with Gasteiger partial charge in [0.1, 0.15) is 0 Å². The second kappa shape index (κ2) is 4.35. The molecule has 2 unspecified atom stereocenters. The minimum absolute atomic E-state index is 0.196. The normalized spacial score (nSPS) is 27.7. The van der Waals surface area contributed by atoms with Crippen molar-refractivity contribution in [3.63, 3.8) is 0 Å². The van der Waals surface area contributed by atoms with Gasteiger partial charge in [-0.25, -0.2) is 0 Å². The van der Waals surface area contributed by atoms with E-state index in [1.54, 1.807) is 0 Å². The first-order chi connectivity index (χ1) is 7.18. The number of hydrogen-bond donors (Lipinski definition) is 1. The molecule has 84 valence electrons. The quantitative estimate of drug-likeness (QED) is 0.719. The van der Waals surface area contributed by atoms with E-state index in [4.69, 9.17) is 0 Å². The zero-order chi connectivity index (χ0) is 10.8. The summed E-state index contributed by atoms with van der Waals surface area (Å²) >= 11 is 0. The average Bonchev–Trinajstić information content (AvgIpc) is 2.39. The predicted octanol–water partition coefficient (Wildman–Crippen LogP) is 2.37. The smallest absolute Gasteiger partial charge is 0.0781 e. The number of rotatable bonds is 1. The van der Waals surface area contributed by atoms with Crippen molar-refractivity contribution in [1.82, 2.24) is 9.78 Å². The number of aromatic nitrogens is 2. The zero-order valence-electron chi connectivity index (χ0n) is 9.61. The minimum atomic E-state index is -0.217. The molecular weight excluding hydrogens is 188 g/mol. The molecule has 0 radical (unpaired) electrons. The Morgan fingerprint density at radius 1 is 1.27 bits per heavy atom. The maximum Gasteiger partial charge on any atom is 0.0781 e. The number of hydrogen-bond acceptors (Lipinski definition) is 2. The number of aryl methyl sites for hydroxylation is 2. The highest BCUT2D eigenvalue weighted by Crippen LogP contribution is 2.28. The van der Waals surface area contributed by atoms with Crippen LogP contribution in [0.15, 0.2) is 6.07 Å². The van der Waals surface area contributed by atoms with Crippen molar-refractivity contribution >= 4 is 0 Å². The number of nitrogens with zero attached hydrogens (tertiary/aromatic N) is 2. The van der Waals surface area contributed by atoms with Crippen molar-refractivity contribution in [2.24, 2.45) is 0 Å². The van der Waals surface area contributed by atoms with Gasteiger partial charge in [-0.1, -0.05) is 19.3 Å². The molecule has 1 aromatic heterocycles. The van der Waals surface area contributed by atoms with E-state index < -0.39 is 0 Å². The van der Waals surface area contributed by atoms with E-state index in [2.05, 4.69) is 18.1 Å². The van der Waals surface area contributed by atoms with Gasteiger partial charge in [0.2, 0.25) is 0 Å². The van der Waals surface area contributed by atoms with Gasteiger partial charge in [0, 0.05) is 5.69 Å². The van der Waals surface area contributed by atoms with Crippen LogP contribution in [0.5, 0.6) is 0 Å². The first-order valence-corrected chi connectivity index (χ1v) is 5.89. The fraction of sp³-hybridized carbons (Fsp3) is 0.750. The van der Waals surface area contributed by atoms with Crippen LogP contribution in [0.2, 0.25) is 0 Å². The summed E-state index contributed by atoms with van der Waals surface area (Å²) in [4.78, 5) is 0. The molecule has 2 atom stereocenters. The SMILES string of the molecule is Cc1cc(C)n(C2CCCCCC2O)n1. The summed E-state index contributed by atoms with van der Waals surface area (Å²) in [6.45, 7) is 4.07. The summed E-state index contributed by atoms with van der Waals surface area (Å²) in [5.74, 6) is 0. The molecule has 0 spiro atoms. The Morgan fingerprint density at radius 3 is 2.67 bits per heavy atom. The molecule has 1 saturated carbocycles. The molecule has 0 saturated heterocycles. The summed E-state index contributed by atoms with van der Waals surface area (Å²) in [6.07, 6.45) is 5.36. The Kier molecular flexibility index (Phi) is 3.10. The van der Waals surface area contributed by atoms with Crippen LogP contribution in [0.25, 0.3) is 0 Å². The molecule has 1 aromatic rings. The molecule has 0 aromatic carbocycles. The fourth-order valence-corrected chi connectivity index (χ4v) is 2.54. The topological polar surface area (TPSA) is 38.0 Å². The van der Waals surface area contributed by atoms with Crippen LogP contribution in [0, 0.1) is 13.8 Å². The molecule has 15 heavy (non-hydrogen) atoms. The Bertz CT molecular complexity index is 332. The molecule has 0 amide bonds. The van der Waals surface area contributed by atoms with Gasteiger partial charge < -0.3 is 5.11 Å². The third kappa shape index (κ3) is 2.23. The van der Waals surface area contributed by atoms with Crippen molar-refractivity contribution in [2.45, 2.75) is 58.1 Å². The lowest BCUT2D eigenvalue weighted by Gasteiger charge is -2.22. The maximum absolute atomic E-state index is 10.1. The van der Waals surface area contributed by atoms with Gasteiger partial charge in [0.15, 0.2) is 0 Å². The molecule has 1 aliphatic rings. The monoisotopic (exact) mass is 208 g/mol. The van der Waals surface area contributed by atoms with Crippen LogP contribution in [-0.4, -0.2) is 21.0 Å². The second-order valence-corrected chi connectivity index (χ2v) is 4.64. The molecule has 1 fully saturated rings. The van der Waals surface area contributed by atoms with E-state index in [0.29, 0.717) is 0 Å². The van der Waals surface area contributed by atoms with Gasteiger partial charge in [0.05, 0.1) is 17.8 Å². The first kappa shape index (κ1) is 10.7. The van der Waals surface area contributed by atoms with E-state index in [1.807, 2.05) is 11.6 Å². The summed E-state index contributed by atoms with van der Waals surface area (Å²) < 4.78 is 2.02. The zero-order valence-corrected chi connectivity index (χ0v) is 9.61. The van der Waals surface area contributed by atoms with Crippen LogP contribution >= 0.6 is 0 Å². The third-order valence-electron chi connectivity index (χ3n) is 3.30. The van der Waals surface area contributed by atoms with Crippen molar-refractivity contribution < 1.29 is 5.11 Å². The molecule has 1 N–H and O–H groups in total. The molecule has 0 bridgehead atoms. The second-order valence-electron chi connectivity index (χ2n) is 4.64. The van der Waals surface area contributed by atoms with E-state index >= 15 is 0 Å². The van der Waals surface area contributed by atoms with Gasteiger partial charge in [-0.05, 0) is 32.8 Å². The van der Waals surface area contributed by atoms with Gasteiger partial charge in [-0.3, -0.25) is 4.68 Å². The minimum Gasteiger partial charge on any atom is -0.391 e. The largest absolute Gasteiger partial charge is 0.391 e. The third-order valence-corrected chi connectivity index (χ3v) is 3.30. The van der Waals surface area contributed by atoms with E-state index in [1.165, 1.54) is 18.5 Å². The molecule has 2 rings (SSSR count). The average molecular weight is 208 g/mol. The van der Waals surface area contributed by atoms with E-state index in [9.17, 15) is 5.11 Å². The van der Waals surface area contributed by atoms with Crippen molar-refractivity contribution in [2.75, 3.05) is 0 Å². The lowest BCUT2D eigenvalue weighted by atomic mass is 10.1. The summed E-state index contributed by atoms with van der Waals surface area (Å²) in [7, 11) is 0. The lowest BCUT2D eigenvalue weighted by molar-refractivity contribution is 0.0978. The fourth-order valence-electron chi connectivity index (χ4n) is 2.54. The molecule has 3 nitrogen and oxygen atoms in total. The molecule has 1 aliphatic carbocycles. The highest BCUT2D eigenvalue weighted by Gasteiger charge is 2.24. The summed E-state index contributed by atoms with van der Waals surface area (Å²) in [5.41, 5.74) is 2.21. The van der Waals surface area contributed by atoms with Crippen LogP contribution in [0.1, 0.15) is 49.5 Å². The Labute approximate surface area is 91.1 Å². The summed E-state index contributed by atoms with van der Waals surface area (Å²) in [6, 6.07) is 2.28. The highest BCUT2D eigenvalue weighted by molar-refractivity contribution is 5.08. The molecule has 3 heteroatoms. The van der Waals surface area contributed by atoms with Crippen LogP contribution < -0.4 is 0 Å². The van der Waals surface area contributed by atoms with Crippen molar-refractivity contribution in [1.29, 1.82) is 0 Å².